The van der Waals surface area contributed by atoms with E-state index in [1.54, 1.807) is 14.1 Å². The van der Waals surface area contributed by atoms with Gasteiger partial charge in [0.1, 0.15) is 13.2 Å². The number of carbonyl (C=O) groups is 1. The summed E-state index contributed by atoms with van der Waals surface area (Å²) in [6, 6.07) is 4.34. The third-order valence-corrected chi connectivity index (χ3v) is 4.14. The van der Waals surface area contributed by atoms with Gasteiger partial charge in [-0.3, -0.25) is 4.79 Å². The Bertz CT molecular complexity index is 612. The third kappa shape index (κ3) is 3.20. The van der Waals surface area contributed by atoms with Crippen molar-refractivity contribution in [3.05, 3.63) is 18.2 Å². The van der Waals surface area contributed by atoms with Crippen LogP contribution in [0, 0.1) is 0 Å². The molecule has 110 valence electrons. The largest absolute Gasteiger partial charge is 0.486 e. The van der Waals surface area contributed by atoms with E-state index in [2.05, 4.69) is 4.72 Å². The van der Waals surface area contributed by atoms with Crippen LogP contribution in [0.5, 0.6) is 11.5 Å². The number of amides is 1. The zero-order valence-corrected chi connectivity index (χ0v) is 12.1. The number of hydrogen-bond donors (Lipinski definition) is 1. The van der Waals surface area contributed by atoms with E-state index in [0.717, 1.165) is 0 Å². The third-order valence-electron chi connectivity index (χ3n) is 2.74. The molecule has 2 rings (SSSR count). The van der Waals surface area contributed by atoms with Gasteiger partial charge >= 0.3 is 0 Å². The molecule has 1 heterocycles. The molecule has 0 saturated heterocycles. The van der Waals surface area contributed by atoms with E-state index in [0.29, 0.717) is 24.7 Å². The maximum atomic E-state index is 12.1. The molecular weight excluding hydrogens is 284 g/mol. The van der Waals surface area contributed by atoms with Crippen molar-refractivity contribution in [3.63, 3.8) is 0 Å². The molecule has 7 nitrogen and oxygen atoms in total. The molecule has 0 aliphatic carbocycles. The number of likely N-dealkylation sites (N-methyl/N-ethyl adjacent to an activating group) is 1. The summed E-state index contributed by atoms with van der Waals surface area (Å²) in [6.07, 6.45) is 0. The van der Waals surface area contributed by atoms with Gasteiger partial charge in [-0.25, -0.2) is 13.1 Å². The maximum absolute atomic E-state index is 12.1. The lowest BCUT2D eigenvalue weighted by Crippen LogP contribution is -2.36. The molecule has 0 radical (unpaired) electrons. The maximum Gasteiger partial charge on any atom is 0.241 e. The van der Waals surface area contributed by atoms with Crippen LogP contribution in [0.4, 0.5) is 0 Å². The average molecular weight is 300 g/mol. The predicted molar refractivity (Wildman–Crippen MR) is 71.3 cm³/mol. The molecule has 0 fully saturated rings. The van der Waals surface area contributed by atoms with Gasteiger partial charge < -0.3 is 14.4 Å². The van der Waals surface area contributed by atoms with Gasteiger partial charge in [0, 0.05) is 20.2 Å². The summed E-state index contributed by atoms with van der Waals surface area (Å²) < 4.78 is 37.0. The van der Waals surface area contributed by atoms with Crippen molar-refractivity contribution < 1.29 is 22.7 Å². The summed E-state index contributed by atoms with van der Waals surface area (Å²) in [5.41, 5.74) is 0. The molecule has 0 unspecified atom stereocenters. The van der Waals surface area contributed by atoms with E-state index in [1.165, 1.54) is 23.1 Å². The second-order valence-electron chi connectivity index (χ2n) is 4.42. The fourth-order valence-electron chi connectivity index (χ4n) is 1.59. The molecule has 1 aliphatic heterocycles. The van der Waals surface area contributed by atoms with Crippen LogP contribution >= 0.6 is 0 Å². The summed E-state index contributed by atoms with van der Waals surface area (Å²) in [5, 5.41) is 0. The van der Waals surface area contributed by atoms with E-state index in [4.69, 9.17) is 9.47 Å². The van der Waals surface area contributed by atoms with Gasteiger partial charge in [0.2, 0.25) is 15.9 Å². The monoisotopic (exact) mass is 300 g/mol. The highest BCUT2D eigenvalue weighted by Crippen LogP contribution is 2.32. The first-order chi connectivity index (χ1) is 9.40. The fourth-order valence-corrected chi connectivity index (χ4v) is 2.58. The molecule has 1 aromatic carbocycles. The van der Waals surface area contributed by atoms with Gasteiger partial charge in [-0.15, -0.1) is 0 Å². The van der Waals surface area contributed by atoms with Crippen LogP contribution in [-0.2, 0) is 14.8 Å². The van der Waals surface area contributed by atoms with E-state index in [1.807, 2.05) is 0 Å². The minimum Gasteiger partial charge on any atom is -0.486 e. The summed E-state index contributed by atoms with van der Waals surface area (Å²) in [5.74, 6) is 0.573. The Kier molecular flexibility index (Phi) is 4.15. The van der Waals surface area contributed by atoms with Crippen LogP contribution in [0.25, 0.3) is 0 Å². The number of sulfonamides is 1. The lowest BCUT2D eigenvalue weighted by Gasteiger charge is -2.19. The lowest BCUT2D eigenvalue weighted by atomic mass is 10.3. The lowest BCUT2D eigenvalue weighted by molar-refractivity contribution is -0.127. The Hall–Kier alpha value is -1.80. The van der Waals surface area contributed by atoms with Crippen molar-refractivity contribution in [2.24, 2.45) is 0 Å². The van der Waals surface area contributed by atoms with Crippen molar-refractivity contribution >= 4 is 15.9 Å². The van der Waals surface area contributed by atoms with Crippen LogP contribution in [-0.4, -0.2) is 53.1 Å². The van der Waals surface area contributed by atoms with Crippen LogP contribution in [0.2, 0.25) is 0 Å². The zero-order valence-electron chi connectivity index (χ0n) is 11.3. The van der Waals surface area contributed by atoms with Gasteiger partial charge in [-0.2, -0.15) is 0 Å². The number of benzene rings is 1. The predicted octanol–water partition coefficient (Wildman–Crippen LogP) is -0.176. The second-order valence-corrected chi connectivity index (χ2v) is 6.19. The normalized spacial score (nSPS) is 13.9. The van der Waals surface area contributed by atoms with Crippen molar-refractivity contribution in [2.75, 3.05) is 33.9 Å². The van der Waals surface area contributed by atoms with Gasteiger partial charge in [0.05, 0.1) is 11.4 Å². The molecule has 1 aliphatic rings. The van der Waals surface area contributed by atoms with Crippen LogP contribution in [0.1, 0.15) is 0 Å². The minimum absolute atomic E-state index is 0.0355. The van der Waals surface area contributed by atoms with E-state index in [-0.39, 0.29) is 17.3 Å². The Balaban J connectivity index is 2.15. The Morgan fingerprint density at radius 1 is 1.25 bits per heavy atom. The number of fused-ring (bicyclic) bond motifs is 1. The molecule has 1 N–H and O–H groups in total. The second kappa shape index (κ2) is 5.68. The van der Waals surface area contributed by atoms with Crippen molar-refractivity contribution in [1.82, 2.24) is 9.62 Å². The van der Waals surface area contributed by atoms with Crippen molar-refractivity contribution in [3.8, 4) is 11.5 Å². The van der Waals surface area contributed by atoms with Crippen LogP contribution < -0.4 is 14.2 Å². The molecule has 0 saturated carbocycles. The van der Waals surface area contributed by atoms with Crippen LogP contribution in [0.15, 0.2) is 23.1 Å². The number of nitrogens with one attached hydrogen (secondary N) is 1. The molecule has 0 aromatic heterocycles. The summed E-state index contributed by atoms with van der Waals surface area (Å²) >= 11 is 0. The zero-order chi connectivity index (χ0) is 14.8. The average Bonchev–Trinajstić information content (AvgIpc) is 2.44. The Morgan fingerprint density at radius 3 is 2.55 bits per heavy atom. The molecule has 8 heteroatoms. The summed E-state index contributed by atoms with van der Waals surface area (Å²) in [7, 11) is -0.643. The first-order valence-electron chi connectivity index (χ1n) is 5.99. The summed E-state index contributed by atoms with van der Waals surface area (Å²) in [4.78, 5) is 12.8. The van der Waals surface area contributed by atoms with E-state index >= 15 is 0 Å². The van der Waals surface area contributed by atoms with E-state index < -0.39 is 10.0 Å². The topological polar surface area (TPSA) is 84.9 Å². The quantitative estimate of drug-likeness (QED) is 0.834. The molecular formula is C12H16N2O5S. The number of ether oxygens (including phenoxy) is 2. The highest BCUT2D eigenvalue weighted by Gasteiger charge is 2.20. The number of carbonyl (C=O) groups excluding carboxylic acids is 1. The molecule has 1 amide bonds. The number of rotatable bonds is 4. The molecule has 20 heavy (non-hydrogen) atoms. The number of nitrogens with zero attached hydrogens (tertiary/aromatic N) is 1. The van der Waals surface area contributed by atoms with E-state index in [9.17, 15) is 13.2 Å². The molecule has 0 atom stereocenters. The SMILES string of the molecule is CN(C)C(=O)CNS(=O)(=O)c1ccc2c(c1)OCCO2. The van der Waals surface area contributed by atoms with Gasteiger partial charge in [0.15, 0.2) is 11.5 Å². The van der Waals surface area contributed by atoms with Crippen molar-refractivity contribution in [2.45, 2.75) is 4.90 Å². The molecule has 0 bridgehead atoms. The molecule has 0 spiro atoms. The van der Waals surface area contributed by atoms with Gasteiger partial charge in [0.25, 0.3) is 0 Å². The van der Waals surface area contributed by atoms with Crippen molar-refractivity contribution in [1.29, 1.82) is 0 Å². The fraction of sp³-hybridized carbons (Fsp3) is 0.417. The molecule has 1 aromatic rings. The van der Waals surface area contributed by atoms with Gasteiger partial charge in [-0.1, -0.05) is 0 Å². The standard InChI is InChI=1S/C12H16N2O5S/c1-14(2)12(15)8-13-20(16,17)9-3-4-10-11(7-9)19-6-5-18-10/h3-4,7,13H,5-6,8H2,1-2H3. The first kappa shape index (κ1) is 14.6. The highest BCUT2D eigenvalue weighted by atomic mass is 32.2. The smallest absolute Gasteiger partial charge is 0.241 e. The van der Waals surface area contributed by atoms with Crippen LogP contribution in [0.3, 0.4) is 0 Å². The van der Waals surface area contributed by atoms with Gasteiger partial charge in [-0.05, 0) is 12.1 Å². The highest BCUT2D eigenvalue weighted by molar-refractivity contribution is 7.89. The minimum atomic E-state index is -3.76. The first-order valence-corrected chi connectivity index (χ1v) is 7.48. The Labute approximate surface area is 117 Å². The summed E-state index contributed by atoms with van der Waals surface area (Å²) in [6.45, 7) is 0.529. The number of hydrogen-bond acceptors (Lipinski definition) is 5. The Morgan fingerprint density at radius 2 is 1.90 bits per heavy atom.